The van der Waals surface area contributed by atoms with Crippen LogP contribution in [0.2, 0.25) is 0 Å². The van der Waals surface area contributed by atoms with Crippen LogP contribution in [0.15, 0.2) is 24.3 Å². The number of para-hydroxylation sites is 2. The van der Waals surface area contributed by atoms with Gasteiger partial charge in [0.05, 0.1) is 5.69 Å². The molecule has 0 bridgehead atoms. The lowest BCUT2D eigenvalue weighted by Crippen LogP contribution is -2.36. The van der Waals surface area contributed by atoms with Crippen LogP contribution >= 0.6 is 0 Å². The van der Waals surface area contributed by atoms with Crippen molar-refractivity contribution in [2.24, 2.45) is 5.92 Å². The van der Waals surface area contributed by atoms with E-state index in [0.29, 0.717) is 17.4 Å². The van der Waals surface area contributed by atoms with Crippen LogP contribution in [0.1, 0.15) is 27.2 Å². The standard InChI is InChI=1S/C14H22N2O2/c1-10(2)8-11(3)16-14(17)9-18-13-7-5-4-6-12(13)15/h4-7,10-11H,8-9,15H2,1-3H3,(H,16,17). The minimum atomic E-state index is -0.119. The summed E-state index contributed by atoms with van der Waals surface area (Å²) in [7, 11) is 0. The summed E-state index contributed by atoms with van der Waals surface area (Å²) in [6, 6.07) is 7.31. The number of hydrogen-bond donors (Lipinski definition) is 2. The molecule has 0 aliphatic rings. The molecule has 0 aromatic heterocycles. The van der Waals surface area contributed by atoms with Gasteiger partial charge in [-0.3, -0.25) is 4.79 Å². The number of carbonyl (C=O) groups is 1. The molecule has 0 spiro atoms. The van der Waals surface area contributed by atoms with E-state index >= 15 is 0 Å². The van der Waals surface area contributed by atoms with Crippen LogP contribution in [0.25, 0.3) is 0 Å². The summed E-state index contributed by atoms with van der Waals surface area (Å²) in [5.41, 5.74) is 6.26. The zero-order valence-electron chi connectivity index (χ0n) is 11.3. The molecule has 1 rings (SSSR count). The van der Waals surface area contributed by atoms with Gasteiger partial charge < -0.3 is 15.8 Å². The molecule has 0 heterocycles. The molecule has 3 N–H and O–H groups in total. The van der Waals surface area contributed by atoms with Crippen molar-refractivity contribution in [1.29, 1.82) is 0 Å². The van der Waals surface area contributed by atoms with E-state index in [2.05, 4.69) is 19.2 Å². The monoisotopic (exact) mass is 250 g/mol. The third kappa shape index (κ3) is 5.08. The Kier molecular flexibility index (Phi) is 5.49. The molecular weight excluding hydrogens is 228 g/mol. The van der Waals surface area contributed by atoms with Gasteiger partial charge in [0.25, 0.3) is 5.91 Å². The minimum absolute atomic E-state index is 0.00332. The van der Waals surface area contributed by atoms with Gasteiger partial charge in [-0.25, -0.2) is 0 Å². The number of nitrogen functional groups attached to an aromatic ring is 1. The van der Waals surface area contributed by atoms with Crippen LogP contribution in [0.5, 0.6) is 5.75 Å². The molecule has 1 aromatic carbocycles. The number of nitrogens with two attached hydrogens (primary N) is 1. The topological polar surface area (TPSA) is 64.3 Å². The molecule has 4 nitrogen and oxygen atoms in total. The van der Waals surface area contributed by atoms with Gasteiger partial charge in [0, 0.05) is 6.04 Å². The summed E-state index contributed by atoms with van der Waals surface area (Å²) in [6.45, 7) is 6.25. The van der Waals surface area contributed by atoms with Crippen LogP contribution in [0.3, 0.4) is 0 Å². The van der Waals surface area contributed by atoms with Crippen LogP contribution in [0, 0.1) is 5.92 Å². The molecule has 1 atom stereocenters. The van der Waals surface area contributed by atoms with E-state index < -0.39 is 0 Å². The molecule has 0 saturated carbocycles. The normalized spacial score (nSPS) is 12.2. The Morgan fingerprint density at radius 1 is 1.33 bits per heavy atom. The summed E-state index contributed by atoms with van der Waals surface area (Å²) in [5.74, 6) is 0.988. The lowest BCUT2D eigenvalue weighted by Gasteiger charge is -2.16. The molecule has 100 valence electrons. The van der Waals surface area contributed by atoms with Gasteiger partial charge in [-0.15, -0.1) is 0 Å². The maximum absolute atomic E-state index is 11.6. The number of rotatable bonds is 6. The molecule has 1 amide bonds. The Balaban J connectivity index is 2.35. The first-order valence-corrected chi connectivity index (χ1v) is 6.25. The van der Waals surface area contributed by atoms with Crippen LogP contribution in [-0.4, -0.2) is 18.6 Å². The summed E-state index contributed by atoms with van der Waals surface area (Å²) in [6.07, 6.45) is 0.958. The van der Waals surface area contributed by atoms with Gasteiger partial charge in [0.15, 0.2) is 6.61 Å². The fourth-order valence-electron chi connectivity index (χ4n) is 1.84. The number of hydrogen-bond acceptors (Lipinski definition) is 3. The van der Waals surface area contributed by atoms with E-state index in [1.807, 2.05) is 19.1 Å². The van der Waals surface area contributed by atoms with Crippen LogP contribution < -0.4 is 15.8 Å². The number of carbonyl (C=O) groups excluding carboxylic acids is 1. The Morgan fingerprint density at radius 2 is 2.00 bits per heavy atom. The van der Waals surface area contributed by atoms with Gasteiger partial charge in [0.2, 0.25) is 0 Å². The number of nitrogens with one attached hydrogen (secondary N) is 1. The van der Waals surface area contributed by atoms with Crippen molar-refractivity contribution in [3.63, 3.8) is 0 Å². The first-order valence-electron chi connectivity index (χ1n) is 6.25. The molecule has 1 unspecified atom stereocenters. The van der Waals surface area contributed by atoms with Gasteiger partial charge in [-0.2, -0.15) is 0 Å². The number of benzene rings is 1. The Bertz CT molecular complexity index is 391. The van der Waals surface area contributed by atoms with Crippen molar-refractivity contribution >= 4 is 11.6 Å². The Morgan fingerprint density at radius 3 is 2.61 bits per heavy atom. The fraction of sp³-hybridized carbons (Fsp3) is 0.500. The quantitative estimate of drug-likeness (QED) is 0.761. The molecule has 0 fully saturated rings. The average Bonchev–Trinajstić information content (AvgIpc) is 2.26. The van der Waals surface area contributed by atoms with Crippen molar-refractivity contribution in [3.8, 4) is 5.75 Å². The van der Waals surface area contributed by atoms with Gasteiger partial charge in [0.1, 0.15) is 5.75 Å². The third-order valence-corrected chi connectivity index (χ3v) is 2.51. The zero-order chi connectivity index (χ0) is 13.5. The molecule has 18 heavy (non-hydrogen) atoms. The molecule has 0 aliphatic heterocycles. The maximum Gasteiger partial charge on any atom is 0.258 e. The Hall–Kier alpha value is -1.71. The average molecular weight is 250 g/mol. The number of ether oxygens (including phenoxy) is 1. The first-order chi connectivity index (χ1) is 8.49. The predicted molar refractivity (Wildman–Crippen MR) is 73.4 cm³/mol. The maximum atomic E-state index is 11.6. The van der Waals surface area contributed by atoms with E-state index in [1.54, 1.807) is 12.1 Å². The second kappa shape index (κ2) is 6.89. The molecule has 0 aliphatic carbocycles. The van der Waals surface area contributed by atoms with E-state index in [4.69, 9.17) is 10.5 Å². The number of amides is 1. The minimum Gasteiger partial charge on any atom is -0.482 e. The van der Waals surface area contributed by atoms with Gasteiger partial charge >= 0.3 is 0 Å². The summed E-state index contributed by atoms with van der Waals surface area (Å²) in [5, 5.41) is 2.90. The van der Waals surface area contributed by atoms with Crippen molar-refractivity contribution in [1.82, 2.24) is 5.32 Å². The van der Waals surface area contributed by atoms with E-state index in [-0.39, 0.29) is 18.6 Å². The SMILES string of the molecule is CC(C)CC(C)NC(=O)COc1ccccc1N. The molecule has 0 radical (unpaired) electrons. The lowest BCUT2D eigenvalue weighted by atomic mass is 10.1. The second-order valence-electron chi connectivity index (χ2n) is 4.92. The fourth-order valence-corrected chi connectivity index (χ4v) is 1.84. The van der Waals surface area contributed by atoms with E-state index in [1.165, 1.54) is 0 Å². The van der Waals surface area contributed by atoms with Crippen molar-refractivity contribution in [3.05, 3.63) is 24.3 Å². The van der Waals surface area contributed by atoms with Gasteiger partial charge in [-0.1, -0.05) is 26.0 Å². The lowest BCUT2D eigenvalue weighted by molar-refractivity contribution is -0.123. The molecule has 4 heteroatoms. The molecule has 0 saturated heterocycles. The third-order valence-electron chi connectivity index (χ3n) is 2.51. The van der Waals surface area contributed by atoms with Crippen LogP contribution in [-0.2, 0) is 4.79 Å². The zero-order valence-corrected chi connectivity index (χ0v) is 11.3. The predicted octanol–water partition coefficient (Wildman–Crippen LogP) is 2.20. The number of anilines is 1. The van der Waals surface area contributed by atoms with Crippen molar-refractivity contribution in [2.45, 2.75) is 33.2 Å². The highest BCUT2D eigenvalue weighted by Gasteiger charge is 2.10. The summed E-state index contributed by atoms with van der Waals surface area (Å²) < 4.78 is 5.37. The smallest absolute Gasteiger partial charge is 0.258 e. The van der Waals surface area contributed by atoms with Crippen LogP contribution in [0.4, 0.5) is 5.69 Å². The highest BCUT2D eigenvalue weighted by Crippen LogP contribution is 2.19. The second-order valence-corrected chi connectivity index (χ2v) is 4.92. The first kappa shape index (κ1) is 14.4. The van der Waals surface area contributed by atoms with Gasteiger partial charge in [-0.05, 0) is 31.4 Å². The van der Waals surface area contributed by atoms with Crippen molar-refractivity contribution in [2.75, 3.05) is 12.3 Å². The van der Waals surface area contributed by atoms with Crippen molar-refractivity contribution < 1.29 is 9.53 Å². The van der Waals surface area contributed by atoms with E-state index in [9.17, 15) is 4.79 Å². The highest BCUT2D eigenvalue weighted by molar-refractivity contribution is 5.78. The molecular formula is C14H22N2O2. The summed E-state index contributed by atoms with van der Waals surface area (Å²) >= 11 is 0. The Labute approximate surface area is 109 Å². The van der Waals surface area contributed by atoms with E-state index in [0.717, 1.165) is 6.42 Å². The molecule has 1 aromatic rings. The highest BCUT2D eigenvalue weighted by atomic mass is 16.5. The summed E-state index contributed by atoms with van der Waals surface area (Å²) in [4.78, 5) is 11.6. The largest absolute Gasteiger partial charge is 0.482 e.